The molecule has 0 radical (unpaired) electrons. The van der Waals surface area contributed by atoms with Crippen LogP contribution in [0.1, 0.15) is 72.6 Å². The Hall–Kier alpha value is 0. The Morgan fingerprint density at radius 3 is 2.57 bits per heavy atom. The summed E-state index contributed by atoms with van der Waals surface area (Å²) in [5.74, 6) is 1.98. The molecule has 1 aliphatic carbocycles. The van der Waals surface area contributed by atoms with E-state index in [4.69, 9.17) is 0 Å². The van der Waals surface area contributed by atoms with Crippen LogP contribution >= 0.6 is 0 Å². The SMILES string of the molecule is CCCCCC1CC(C)CCC1(C)C. The standard InChI is InChI=1S/C14H28/c1-5-6-7-8-13-11-12(2)9-10-14(13,3)4/h12-13H,5-11H2,1-4H3. The van der Waals surface area contributed by atoms with Crippen molar-refractivity contribution in [1.82, 2.24) is 0 Å². The average Bonchev–Trinajstić information content (AvgIpc) is 2.12. The predicted molar refractivity (Wildman–Crippen MR) is 64.4 cm³/mol. The van der Waals surface area contributed by atoms with Crippen molar-refractivity contribution in [2.75, 3.05) is 0 Å². The first-order chi connectivity index (χ1) is 6.56. The third kappa shape index (κ3) is 3.29. The lowest BCUT2D eigenvalue weighted by Crippen LogP contribution is -2.31. The van der Waals surface area contributed by atoms with Crippen molar-refractivity contribution in [3.05, 3.63) is 0 Å². The zero-order valence-electron chi connectivity index (χ0n) is 10.6. The topological polar surface area (TPSA) is 0 Å². The van der Waals surface area contributed by atoms with Gasteiger partial charge in [-0.1, -0.05) is 53.4 Å². The molecule has 2 unspecified atom stereocenters. The highest BCUT2D eigenvalue weighted by molar-refractivity contribution is 4.84. The van der Waals surface area contributed by atoms with Crippen LogP contribution in [0.2, 0.25) is 0 Å². The second kappa shape index (κ2) is 5.19. The summed E-state index contributed by atoms with van der Waals surface area (Å²) in [6, 6.07) is 0. The largest absolute Gasteiger partial charge is 0.0654 e. The van der Waals surface area contributed by atoms with Gasteiger partial charge in [0, 0.05) is 0 Å². The lowest BCUT2D eigenvalue weighted by molar-refractivity contribution is 0.0949. The molecule has 0 aliphatic heterocycles. The molecule has 84 valence electrons. The maximum Gasteiger partial charge on any atom is -0.0326 e. The smallest absolute Gasteiger partial charge is 0.0326 e. The van der Waals surface area contributed by atoms with E-state index >= 15 is 0 Å². The van der Waals surface area contributed by atoms with E-state index in [2.05, 4.69) is 27.7 Å². The van der Waals surface area contributed by atoms with Crippen molar-refractivity contribution >= 4 is 0 Å². The van der Waals surface area contributed by atoms with Crippen LogP contribution < -0.4 is 0 Å². The lowest BCUT2D eigenvalue weighted by Gasteiger charge is -2.41. The van der Waals surface area contributed by atoms with E-state index in [-0.39, 0.29) is 0 Å². The number of unbranched alkanes of at least 4 members (excludes halogenated alkanes) is 2. The van der Waals surface area contributed by atoms with E-state index in [9.17, 15) is 0 Å². The van der Waals surface area contributed by atoms with Crippen molar-refractivity contribution in [1.29, 1.82) is 0 Å². The zero-order valence-corrected chi connectivity index (χ0v) is 10.6. The molecule has 0 bridgehead atoms. The van der Waals surface area contributed by atoms with E-state index in [1.165, 1.54) is 44.9 Å². The highest BCUT2D eigenvalue weighted by Crippen LogP contribution is 2.45. The Morgan fingerprint density at radius 1 is 1.21 bits per heavy atom. The van der Waals surface area contributed by atoms with Crippen molar-refractivity contribution in [2.45, 2.75) is 72.6 Å². The van der Waals surface area contributed by atoms with Crippen molar-refractivity contribution in [2.24, 2.45) is 17.3 Å². The fraction of sp³-hybridized carbons (Fsp3) is 1.00. The molecule has 1 aliphatic rings. The summed E-state index contributed by atoms with van der Waals surface area (Å²) >= 11 is 0. The first-order valence-corrected chi connectivity index (χ1v) is 6.56. The molecule has 0 N–H and O–H groups in total. The number of rotatable bonds is 4. The Kier molecular flexibility index (Phi) is 4.47. The van der Waals surface area contributed by atoms with Gasteiger partial charge >= 0.3 is 0 Å². The number of hydrogen-bond donors (Lipinski definition) is 0. The summed E-state index contributed by atoms with van der Waals surface area (Å²) < 4.78 is 0. The maximum atomic E-state index is 2.48. The molecule has 1 saturated carbocycles. The minimum Gasteiger partial charge on any atom is -0.0654 e. The van der Waals surface area contributed by atoms with Gasteiger partial charge in [0.15, 0.2) is 0 Å². The first-order valence-electron chi connectivity index (χ1n) is 6.56. The second-order valence-electron chi connectivity index (χ2n) is 6.06. The van der Waals surface area contributed by atoms with Crippen LogP contribution in [0, 0.1) is 17.3 Å². The van der Waals surface area contributed by atoms with Crippen LogP contribution in [0.3, 0.4) is 0 Å². The van der Waals surface area contributed by atoms with Crippen LogP contribution in [0.5, 0.6) is 0 Å². The molecule has 0 saturated heterocycles. The van der Waals surface area contributed by atoms with Crippen molar-refractivity contribution < 1.29 is 0 Å². The Bertz CT molecular complexity index is 157. The molecule has 1 rings (SSSR count). The average molecular weight is 196 g/mol. The Balaban J connectivity index is 2.38. The van der Waals surface area contributed by atoms with E-state index in [0.717, 1.165) is 11.8 Å². The first kappa shape index (κ1) is 12.1. The maximum absolute atomic E-state index is 2.48. The van der Waals surface area contributed by atoms with Gasteiger partial charge in [-0.05, 0) is 36.5 Å². The van der Waals surface area contributed by atoms with Crippen LogP contribution in [-0.4, -0.2) is 0 Å². The molecule has 0 aromatic heterocycles. The fourth-order valence-corrected chi connectivity index (χ4v) is 2.89. The molecule has 0 heteroatoms. The predicted octanol–water partition coefficient (Wildman–Crippen LogP) is 5.03. The van der Waals surface area contributed by atoms with Crippen molar-refractivity contribution in [3.63, 3.8) is 0 Å². The highest BCUT2D eigenvalue weighted by atomic mass is 14.4. The van der Waals surface area contributed by atoms with Gasteiger partial charge in [-0.25, -0.2) is 0 Å². The van der Waals surface area contributed by atoms with E-state index in [1.807, 2.05) is 0 Å². The van der Waals surface area contributed by atoms with Gasteiger partial charge < -0.3 is 0 Å². The van der Waals surface area contributed by atoms with Gasteiger partial charge in [-0.2, -0.15) is 0 Å². The van der Waals surface area contributed by atoms with E-state index < -0.39 is 0 Å². The van der Waals surface area contributed by atoms with Gasteiger partial charge in [-0.3, -0.25) is 0 Å². The zero-order chi connectivity index (χ0) is 10.6. The van der Waals surface area contributed by atoms with Gasteiger partial charge in [0.05, 0.1) is 0 Å². The summed E-state index contributed by atoms with van der Waals surface area (Å²) in [4.78, 5) is 0. The Morgan fingerprint density at radius 2 is 1.93 bits per heavy atom. The normalized spacial score (nSPS) is 31.7. The van der Waals surface area contributed by atoms with Gasteiger partial charge in [-0.15, -0.1) is 0 Å². The summed E-state index contributed by atoms with van der Waals surface area (Å²) in [5, 5.41) is 0. The molecule has 0 nitrogen and oxygen atoms in total. The van der Waals surface area contributed by atoms with Crippen LogP contribution in [0.25, 0.3) is 0 Å². The van der Waals surface area contributed by atoms with Crippen LogP contribution in [0.4, 0.5) is 0 Å². The molecule has 0 aromatic carbocycles. The van der Waals surface area contributed by atoms with Crippen LogP contribution in [0.15, 0.2) is 0 Å². The molecule has 1 fully saturated rings. The summed E-state index contributed by atoms with van der Waals surface area (Å²) in [7, 11) is 0. The van der Waals surface area contributed by atoms with E-state index in [0.29, 0.717) is 5.41 Å². The number of hydrogen-bond acceptors (Lipinski definition) is 0. The third-order valence-corrected chi connectivity index (χ3v) is 4.23. The van der Waals surface area contributed by atoms with Gasteiger partial charge in [0.25, 0.3) is 0 Å². The van der Waals surface area contributed by atoms with Gasteiger partial charge in [0.1, 0.15) is 0 Å². The van der Waals surface area contributed by atoms with Gasteiger partial charge in [0.2, 0.25) is 0 Å². The molecule has 0 heterocycles. The molecular weight excluding hydrogens is 168 g/mol. The Labute approximate surface area is 90.5 Å². The molecule has 14 heavy (non-hydrogen) atoms. The molecule has 0 amide bonds. The van der Waals surface area contributed by atoms with E-state index in [1.54, 1.807) is 0 Å². The minimum absolute atomic E-state index is 0.625. The third-order valence-electron chi connectivity index (χ3n) is 4.23. The summed E-state index contributed by atoms with van der Waals surface area (Å²) in [5.41, 5.74) is 0.625. The summed E-state index contributed by atoms with van der Waals surface area (Å²) in [6.07, 6.45) is 10.1. The quantitative estimate of drug-likeness (QED) is 0.553. The lowest BCUT2D eigenvalue weighted by atomic mass is 9.64. The monoisotopic (exact) mass is 196 g/mol. The highest BCUT2D eigenvalue weighted by Gasteiger charge is 2.34. The molecular formula is C14H28. The second-order valence-corrected chi connectivity index (χ2v) is 6.06. The summed E-state index contributed by atoms with van der Waals surface area (Å²) in [6.45, 7) is 9.70. The van der Waals surface area contributed by atoms with Crippen LogP contribution in [-0.2, 0) is 0 Å². The molecule has 0 aromatic rings. The fourth-order valence-electron chi connectivity index (χ4n) is 2.89. The molecule has 2 atom stereocenters. The van der Waals surface area contributed by atoms with Crippen molar-refractivity contribution in [3.8, 4) is 0 Å². The molecule has 0 spiro atoms. The minimum atomic E-state index is 0.625.